The van der Waals surface area contributed by atoms with Crippen LogP contribution in [-0.4, -0.2) is 43.2 Å². The van der Waals surface area contributed by atoms with Crippen LogP contribution in [0.4, 0.5) is 5.69 Å². The first-order chi connectivity index (χ1) is 13.4. The first-order valence-electron chi connectivity index (χ1n) is 9.91. The van der Waals surface area contributed by atoms with E-state index in [4.69, 9.17) is 9.47 Å². The quantitative estimate of drug-likeness (QED) is 0.814. The molecule has 0 spiro atoms. The molecular formula is C23H30N2O3. The molecule has 3 rings (SSSR count). The monoisotopic (exact) mass is 382 g/mol. The van der Waals surface area contributed by atoms with Crippen LogP contribution < -0.4 is 14.8 Å². The fourth-order valence-corrected chi connectivity index (χ4v) is 3.25. The van der Waals surface area contributed by atoms with Crippen LogP contribution in [0.25, 0.3) is 0 Å². The minimum absolute atomic E-state index is 0.176. The lowest BCUT2D eigenvalue weighted by Crippen LogP contribution is -2.35. The molecule has 0 saturated carbocycles. The molecule has 0 radical (unpaired) electrons. The number of ether oxygens (including phenoxy) is 2. The third-order valence-electron chi connectivity index (χ3n) is 5.32. The zero-order valence-electron chi connectivity index (χ0n) is 17.2. The number of benzene rings is 2. The molecule has 0 aliphatic carbocycles. The molecule has 0 unspecified atom stereocenters. The van der Waals surface area contributed by atoms with Crippen LogP contribution >= 0.6 is 0 Å². The molecule has 2 aromatic carbocycles. The average molecular weight is 383 g/mol. The highest BCUT2D eigenvalue weighted by molar-refractivity contribution is 5.94. The molecular weight excluding hydrogens is 352 g/mol. The summed E-state index contributed by atoms with van der Waals surface area (Å²) in [6, 6.07) is 13.4. The lowest BCUT2D eigenvalue weighted by atomic mass is 10.1. The van der Waals surface area contributed by atoms with Gasteiger partial charge in [-0.2, -0.15) is 0 Å². The maximum atomic E-state index is 12.5. The summed E-state index contributed by atoms with van der Waals surface area (Å²) in [5.41, 5.74) is 2.93. The number of anilines is 1. The summed E-state index contributed by atoms with van der Waals surface area (Å²) in [6.07, 6.45) is 1.77. The number of nitrogens with zero attached hydrogens (tertiary/aromatic N) is 1. The molecule has 150 valence electrons. The zero-order chi connectivity index (χ0) is 20.1. The second-order valence-corrected chi connectivity index (χ2v) is 7.59. The van der Waals surface area contributed by atoms with Crippen molar-refractivity contribution in [2.45, 2.75) is 45.8 Å². The molecule has 0 aromatic heterocycles. The minimum atomic E-state index is -0.587. The number of carbonyl (C=O) groups is 1. The maximum absolute atomic E-state index is 12.5. The van der Waals surface area contributed by atoms with Crippen LogP contribution in [0.3, 0.4) is 0 Å². The van der Waals surface area contributed by atoms with Crippen molar-refractivity contribution in [1.29, 1.82) is 0 Å². The van der Waals surface area contributed by atoms with Gasteiger partial charge in [-0.1, -0.05) is 12.1 Å². The van der Waals surface area contributed by atoms with Crippen LogP contribution in [0.1, 0.15) is 30.9 Å². The Kier molecular flexibility index (Phi) is 6.57. The summed E-state index contributed by atoms with van der Waals surface area (Å²) in [6.45, 7) is 7.92. The third kappa shape index (κ3) is 5.26. The Morgan fingerprint density at radius 2 is 1.79 bits per heavy atom. The van der Waals surface area contributed by atoms with Gasteiger partial charge in [0.1, 0.15) is 17.6 Å². The van der Waals surface area contributed by atoms with Gasteiger partial charge in [-0.05, 0) is 82.1 Å². The summed E-state index contributed by atoms with van der Waals surface area (Å²) in [5, 5.41) is 2.91. The topological polar surface area (TPSA) is 50.8 Å². The fourth-order valence-electron chi connectivity index (χ4n) is 3.25. The van der Waals surface area contributed by atoms with Gasteiger partial charge in [0, 0.05) is 18.8 Å². The first kappa shape index (κ1) is 20.2. The predicted octanol–water partition coefficient (Wildman–Crippen LogP) is 4.18. The molecule has 1 aliphatic heterocycles. The van der Waals surface area contributed by atoms with Gasteiger partial charge in [-0.15, -0.1) is 0 Å². The van der Waals surface area contributed by atoms with Gasteiger partial charge in [0.2, 0.25) is 0 Å². The van der Waals surface area contributed by atoms with Gasteiger partial charge in [-0.3, -0.25) is 4.79 Å². The lowest BCUT2D eigenvalue weighted by Gasteiger charge is -2.29. The largest absolute Gasteiger partial charge is 0.490 e. The van der Waals surface area contributed by atoms with Crippen molar-refractivity contribution in [3.8, 4) is 11.5 Å². The molecule has 0 bridgehead atoms. The standard InChI is InChI=1S/C23H30N2O3/c1-16-6-5-7-22(17(16)2)27-18(3)23(26)24-19-8-10-20(11-9-19)28-21-12-14-25(4)15-13-21/h5-11,18,21H,12-15H2,1-4H3,(H,24,26)/t18-/m0/s1. The van der Waals surface area contributed by atoms with Crippen LogP contribution in [0.2, 0.25) is 0 Å². The summed E-state index contributed by atoms with van der Waals surface area (Å²) in [7, 11) is 2.14. The zero-order valence-corrected chi connectivity index (χ0v) is 17.2. The second-order valence-electron chi connectivity index (χ2n) is 7.59. The Balaban J connectivity index is 1.53. The Hall–Kier alpha value is -2.53. The number of piperidine rings is 1. The number of nitrogens with one attached hydrogen (secondary N) is 1. The van der Waals surface area contributed by atoms with Gasteiger partial charge >= 0.3 is 0 Å². The molecule has 1 heterocycles. The van der Waals surface area contributed by atoms with E-state index in [1.54, 1.807) is 6.92 Å². The van der Waals surface area contributed by atoms with E-state index in [0.29, 0.717) is 0 Å². The minimum Gasteiger partial charge on any atom is -0.490 e. The summed E-state index contributed by atoms with van der Waals surface area (Å²) < 4.78 is 11.9. The number of rotatable bonds is 6. The molecule has 5 heteroatoms. The first-order valence-corrected chi connectivity index (χ1v) is 9.91. The number of carbonyl (C=O) groups excluding carboxylic acids is 1. The lowest BCUT2D eigenvalue weighted by molar-refractivity contribution is -0.122. The summed E-state index contributed by atoms with van der Waals surface area (Å²) >= 11 is 0. The van der Waals surface area contributed by atoms with E-state index >= 15 is 0 Å². The average Bonchev–Trinajstić information content (AvgIpc) is 2.68. The van der Waals surface area contributed by atoms with Gasteiger partial charge in [0.25, 0.3) is 5.91 Å². The van der Waals surface area contributed by atoms with Gasteiger partial charge < -0.3 is 19.7 Å². The van der Waals surface area contributed by atoms with E-state index in [1.807, 2.05) is 56.3 Å². The molecule has 2 aromatic rings. The number of amides is 1. The van der Waals surface area contributed by atoms with Crippen molar-refractivity contribution < 1.29 is 14.3 Å². The molecule has 1 aliphatic rings. The van der Waals surface area contributed by atoms with Crippen LogP contribution in [0.5, 0.6) is 11.5 Å². The van der Waals surface area contributed by atoms with Gasteiger partial charge in [0.05, 0.1) is 0 Å². The SMILES string of the molecule is Cc1cccc(O[C@@H](C)C(=O)Nc2ccc(OC3CCN(C)CC3)cc2)c1C. The fraction of sp³-hybridized carbons (Fsp3) is 0.435. The van der Waals surface area contributed by atoms with E-state index < -0.39 is 6.10 Å². The van der Waals surface area contributed by atoms with Crippen LogP contribution in [-0.2, 0) is 4.79 Å². The van der Waals surface area contributed by atoms with E-state index in [1.165, 1.54) is 0 Å². The van der Waals surface area contributed by atoms with Crippen molar-refractivity contribution in [2.24, 2.45) is 0 Å². The molecule has 1 saturated heterocycles. The third-order valence-corrected chi connectivity index (χ3v) is 5.32. The number of hydrogen-bond donors (Lipinski definition) is 1. The molecule has 1 amide bonds. The highest BCUT2D eigenvalue weighted by Gasteiger charge is 2.19. The Morgan fingerprint density at radius 1 is 1.11 bits per heavy atom. The van der Waals surface area contributed by atoms with Crippen LogP contribution in [0, 0.1) is 13.8 Å². The molecule has 1 fully saturated rings. The Labute approximate surface area is 167 Å². The van der Waals surface area contributed by atoms with E-state index in [0.717, 1.165) is 54.2 Å². The normalized spacial score (nSPS) is 16.4. The molecule has 1 atom stereocenters. The smallest absolute Gasteiger partial charge is 0.265 e. The van der Waals surface area contributed by atoms with Crippen molar-refractivity contribution >= 4 is 11.6 Å². The van der Waals surface area contributed by atoms with Crippen molar-refractivity contribution in [3.63, 3.8) is 0 Å². The van der Waals surface area contributed by atoms with Gasteiger partial charge in [0.15, 0.2) is 6.10 Å². The highest BCUT2D eigenvalue weighted by atomic mass is 16.5. The molecule has 1 N–H and O–H groups in total. The second kappa shape index (κ2) is 9.11. The summed E-state index contributed by atoms with van der Waals surface area (Å²) in [4.78, 5) is 14.8. The van der Waals surface area contributed by atoms with Crippen LogP contribution in [0.15, 0.2) is 42.5 Å². The Morgan fingerprint density at radius 3 is 2.46 bits per heavy atom. The number of aryl methyl sites for hydroxylation is 1. The van der Waals surface area contributed by atoms with E-state index in [-0.39, 0.29) is 12.0 Å². The van der Waals surface area contributed by atoms with E-state index in [2.05, 4.69) is 17.3 Å². The van der Waals surface area contributed by atoms with Crippen molar-refractivity contribution in [1.82, 2.24) is 4.90 Å². The van der Waals surface area contributed by atoms with Gasteiger partial charge in [-0.25, -0.2) is 0 Å². The number of hydrogen-bond acceptors (Lipinski definition) is 4. The van der Waals surface area contributed by atoms with Crippen molar-refractivity contribution in [2.75, 3.05) is 25.5 Å². The van der Waals surface area contributed by atoms with E-state index in [9.17, 15) is 4.79 Å². The highest BCUT2D eigenvalue weighted by Crippen LogP contribution is 2.23. The summed E-state index contributed by atoms with van der Waals surface area (Å²) in [5.74, 6) is 1.40. The maximum Gasteiger partial charge on any atom is 0.265 e. The molecule has 5 nitrogen and oxygen atoms in total. The van der Waals surface area contributed by atoms with Crippen molar-refractivity contribution in [3.05, 3.63) is 53.6 Å². The number of likely N-dealkylation sites (tertiary alicyclic amines) is 1. The molecule has 28 heavy (non-hydrogen) atoms. The Bertz CT molecular complexity index is 796. The predicted molar refractivity (Wildman–Crippen MR) is 112 cm³/mol.